The van der Waals surface area contributed by atoms with E-state index < -0.39 is 5.63 Å². The van der Waals surface area contributed by atoms with Gasteiger partial charge in [0.2, 0.25) is 0 Å². The van der Waals surface area contributed by atoms with Crippen molar-refractivity contribution in [2.75, 3.05) is 44.8 Å². The number of benzene rings is 2. The van der Waals surface area contributed by atoms with Crippen molar-refractivity contribution in [3.63, 3.8) is 0 Å². The fourth-order valence-corrected chi connectivity index (χ4v) is 3.37. The van der Waals surface area contributed by atoms with Crippen molar-refractivity contribution in [1.29, 1.82) is 0 Å². The van der Waals surface area contributed by atoms with E-state index in [1.165, 1.54) is 6.07 Å². The summed E-state index contributed by atoms with van der Waals surface area (Å²) < 4.78 is 16.0. The van der Waals surface area contributed by atoms with Crippen molar-refractivity contribution in [2.24, 2.45) is 0 Å². The van der Waals surface area contributed by atoms with Gasteiger partial charge < -0.3 is 23.7 Å². The number of anilines is 1. The minimum Gasteiger partial charge on any atom is -0.497 e. The van der Waals surface area contributed by atoms with Gasteiger partial charge in [-0.25, -0.2) is 4.79 Å². The molecule has 0 unspecified atom stereocenters. The van der Waals surface area contributed by atoms with Crippen LogP contribution in [0.5, 0.6) is 11.5 Å². The number of carbonyl (C=O) groups excluding carboxylic acids is 1. The molecule has 4 rings (SSSR count). The van der Waals surface area contributed by atoms with Gasteiger partial charge in [0.15, 0.2) is 6.61 Å². The molecular formula is C22H22N2O5. The van der Waals surface area contributed by atoms with Gasteiger partial charge >= 0.3 is 5.63 Å². The maximum atomic E-state index is 12.5. The molecule has 29 heavy (non-hydrogen) atoms. The molecule has 2 heterocycles. The fraction of sp³-hybridized carbons (Fsp3) is 0.273. The van der Waals surface area contributed by atoms with E-state index in [0.717, 1.165) is 29.9 Å². The van der Waals surface area contributed by atoms with Crippen molar-refractivity contribution in [3.05, 3.63) is 65.0 Å². The lowest BCUT2D eigenvalue weighted by molar-refractivity contribution is -0.133. The molecule has 0 radical (unpaired) electrons. The Morgan fingerprint density at radius 3 is 2.38 bits per heavy atom. The Labute approximate surface area is 168 Å². The molecule has 150 valence electrons. The van der Waals surface area contributed by atoms with Crippen molar-refractivity contribution < 1.29 is 18.7 Å². The van der Waals surface area contributed by atoms with E-state index in [2.05, 4.69) is 4.90 Å². The molecule has 7 heteroatoms. The molecule has 1 aliphatic rings. The third-order valence-corrected chi connectivity index (χ3v) is 5.03. The number of hydrogen-bond acceptors (Lipinski definition) is 6. The minimum absolute atomic E-state index is 0.0505. The molecule has 2 aromatic carbocycles. The first kappa shape index (κ1) is 18.9. The first-order chi connectivity index (χ1) is 14.1. The highest BCUT2D eigenvalue weighted by Crippen LogP contribution is 2.21. The van der Waals surface area contributed by atoms with Crippen LogP contribution in [0.1, 0.15) is 0 Å². The van der Waals surface area contributed by atoms with E-state index in [1.807, 2.05) is 24.3 Å². The second-order valence-electron chi connectivity index (χ2n) is 6.81. The van der Waals surface area contributed by atoms with Crippen LogP contribution >= 0.6 is 0 Å². The predicted octanol–water partition coefficient (Wildman–Crippen LogP) is 2.53. The topological polar surface area (TPSA) is 72.2 Å². The molecule has 0 N–H and O–H groups in total. The normalized spacial score (nSPS) is 14.1. The molecule has 0 aliphatic carbocycles. The number of piperazine rings is 1. The summed E-state index contributed by atoms with van der Waals surface area (Å²) in [6.45, 7) is 2.76. The first-order valence-electron chi connectivity index (χ1n) is 9.46. The Bertz CT molecular complexity index is 1050. The Morgan fingerprint density at radius 2 is 1.66 bits per heavy atom. The SMILES string of the molecule is COc1ccc(N2CCN(C(=O)COc3ccc4ccc(=O)oc4c3)CC2)cc1. The lowest BCUT2D eigenvalue weighted by atomic mass is 10.2. The second-order valence-corrected chi connectivity index (χ2v) is 6.81. The molecule has 1 aromatic heterocycles. The molecule has 7 nitrogen and oxygen atoms in total. The van der Waals surface area contributed by atoms with Gasteiger partial charge in [0.05, 0.1) is 7.11 Å². The van der Waals surface area contributed by atoms with Crippen molar-refractivity contribution in [2.45, 2.75) is 0 Å². The van der Waals surface area contributed by atoms with Gasteiger partial charge in [-0.15, -0.1) is 0 Å². The maximum Gasteiger partial charge on any atom is 0.336 e. The summed E-state index contributed by atoms with van der Waals surface area (Å²) in [5.74, 6) is 1.26. The number of hydrogen-bond donors (Lipinski definition) is 0. The van der Waals surface area contributed by atoms with E-state index >= 15 is 0 Å². The Kier molecular flexibility index (Phi) is 5.37. The smallest absolute Gasteiger partial charge is 0.336 e. The molecular weight excluding hydrogens is 372 g/mol. The average molecular weight is 394 g/mol. The average Bonchev–Trinajstić information content (AvgIpc) is 2.77. The molecule has 3 aromatic rings. The van der Waals surface area contributed by atoms with Crippen LogP contribution in [0.25, 0.3) is 11.0 Å². The highest BCUT2D eigenvalue weighted by atomic mass is 16.5. The summed E-state index contributed by atoms with van der Waals surface area (Å²) in [5.41, 5.74) is 1.14. The third-order valence-electron chi connectivity index (χ3n) is 5.03. The highest BCUT2D eigenvalue weighted by Gasteiger charge is 2.21. The van der Waals surface area contributed by atoms with Gasteiger partial charge in [-0.2, -0.15) is 0 Å². The summed E-state index contributed by atoms with van der Waals surface area (Å²) in [6, 6.07) is 16.2. The van der Waals surface area contributed by atoms with Crippen molar-refractivity contribution in [1.82, 2.24) is 4.90 Å². The maximum absolute atomic E-state index is 12.5. The second kappa shape index (κ2) is 8.26. The summed E-state index contributed by atoms with van der Waals surface area (Å²) in [6.07, 6.45) is 0. The lowest BCUT2D eigenvalue weighted by Gasteiger charge is -2.36. The van der Waals surface area contributed by atoms with E-state index in [9.17, 15) is 9.59 Å². The third kappa shape index (κ3) is 4.34. The van der Waals surface area contributed by atoms with Gasteiger partial charge in [-0.05, 0) is 42.5 Å². The Balaban J connectivity index is 1.31. The quantitative estimate of drug-likeness (QED) is 0.620. The number of nitrogens with zero attached hydrogens (tertiary/aromatic N) is 2. The standard InChI is InChI=1S/C22H22N2O5/c1-27-18-7-4-17(5-8-18)23-10-12-24(13-11-23)21(25)15-28-19-6-2-16-3-9-22(26)29-20(16)14-19/h2-9,14H,10-13,15H2,1H3. The summed E-state index contributed by atoms with van der Waals surface area (Å²) in [7, 11) is 1.65. The fourth-order valence-electron chi connectivity index (χ4n) is 3.37. The number of ether oxygens (including phenoxy) is 2. The first-order valence-corrected chi connectivity index (χ1v) is 9.46. The van der Waals surface area contributed by atoms with Crippen molar-refractivity contribution >= 4 is 22.6 Å². The van der Waals surface area contributed by atoms with Gasteiger partial charge in [-0.1, -0.05) is 0 Å². The molecule has 1 saturated heterocycles. The van der Waals surface area contributed by atoms with E-state index in [4.69, 9.17) is 13.9 Å². The largest absolute Gasteiger partial charge is 0.497 e. The van der Waals surface area contributed by atoms with Crippen LogP contribution in [-0.2, 0) is 4.79 Å². The molecule has 0 atom stereocenters. The number of fused-ring (bicyclic) bond motifs is 1. The van der Waals surface area contributed by atoms with Gasteiger partial charge in [0, 0.05) is 49.4 Å². The zero-order valence-corrected chi connectivity index (χ0v) is 16.2. The van der Waals surface area contributed by atoms with Crippen LogP contribution < -0.4 is 20.0 Å². The molecule has 1 amide bonds. The van der Waals surface area contributed by atoms with E-state index in [0.29, 0.717) is 24.4 Å². The van der Waals surface area contributed by atoms with Gasteiger partial charge in [0.25, 0.3) is 5.91 Å². The molecule has 0 spiro atoms. The highest BCUT2D eigenvalue weighted by molar-refractivity contribution is 5.79. The summed E-state index contributed by atoms with van der Waals surface area (Å²) in [4.78, 5) is 27.9. The Morgan fingerprint density at radius 1 is 0.966 bits per heavy atom. The van der Waals surface area contributed by atoms with Crippen LogP contribution in [-0.4, -0.2) is 50.7 Å². The number of amides is 1. The predicted molar refractivity (Wildman–Crippen MR) is 110 cm³/mol. The van der Waals surface area contributed by atoms with E-state index in [1.54, 1.807) is 36.3 Å². The molecule has 0 bridgehead atoms. The number of methoxy groups -OCH3 is 1. The van der Waals surface area contributed by atoms with Crippen LogP contribution in [0, 0.1) is 0 Å². The van der Waals surface area contributed by atoms with Crippen LogP contribution in [0.3, 0.4) is 0 Å². The van der Waals surface area contributed by atoms with Crippen LogP contribution in [0.4, 0.5) is 5.69 Å². The molecule has 1 aliphatic heterocycles. The number of carbonyl (C=O) groups is 1. The summed E-state index contributed by atoms with van der Waals surface area (Å²) in [5, 5.41) is 0.804. The van der Waals surface area contributed by atoms with Gasteiger partial charge in [-0.3, -0.25) is 4.79 Å². The van der Waals surface area contributed by atoms with Crippen LogP contribution in [0.2, 0.25) is 0 Å². The van der Waals surface area contributed by atoms with Gasteiger partial charge in [0.1, 0.15) is 17.1 Å². The monoisotopic (exact) mass is 394 g/mol. The molecule has 0 saturated carbocycles. The zero-order valence-electron chi connectivity index (χ0n) is 16.2. The van der Waals surface area contributed by atoms with Crippen LogP contribution in [0.15, 0.2) is 63.8 Å². The number of rotatable bonds is 5. The summed E-state index contributed by atoms with van der Waals surface area (Å²) >= 11 is 0. The molecule has 1 fully saturated rings. The lowest BCUT2D eigenvalue weighted by Crippen LogP contribution is -2.50. The van der Waals surface area contributed by atoms with Crippen molar-refractivity contribution in [3.8, 4) is 11.5 Å². The Hall–Kier alpha value is -3.48. The van der Waals surface area contributed by atoms with E-state index in [-0.39, 0.29) is 12.5 Å². The zero-order chi connectivity index (χ0) is 20.2. The minimum atomic E-state index is -0.416.